The van der Waals surface area contributed by atoms with Crippen LogP contribution in [0, 0.1) is 17.8 Å². The number of hydrogen-bond donors (Lipinski definition) is 2. The van der Waals surface area contributed by atoms with Crippen LogP contribution in [0.3, 0.4) is 0 Å². The second-order valence-corrected chi connectivity index (χ2v) is 13.2. The largest absolute Gasteiger partial charge is 0.459 e. The maximum Gasteiger partial charge on any atom is 0.311 e. The van der Waals surface area contributed by atoms with Gasteiger partial charge in [-0.1, -0.05) is 20.8 Å². The molecule has 0 amide bonds. The molecule has 2 N–H and O–H groups in total. The predicted molar refractivity (Wildman–Crippen MR) is 160 cm³/mol. The van der Waals surface area contributed by atoms with Crippen molar-refractivity contribution < 1.29 is 48.3 Å². The highest BCUT2D eigenvalue weighted by Crippen LogP contribution is 2.38. The van der Waals surface area contributed by atoms with E-state index in [1.807, 2.05) is 25.9 Å². The SMILES string of the molecule is CC[C@H]1OC(=O)[C@H](C)[C@@H](O)[C@H](C)[C@@H](OC2OC(C)CC(N(C)C)C2OC(C)=O)[C@](C)(OC)C[C@@H](C)C(=O)C(C)=C[C@]1(C)O. The standard InChI is InChI=1S/C32H55NO10/c1-13-24-31(8,38)15-17(2)25(35)18(3)16-32(9,39-12)28(20(5)26(36)21(6)29(37)42-24)43-30-27(41-22(7)34)23(33(10)11)14-19(4)40-30/h15,18-21,23-24,26-28,30,36,38H,13-14,16H2,1-12H3/t18-,19?,20+,21-,23?,24-,26+,27?,28-,30?,31+,32-/m1/s1. The van der Waals surface area contributed by atoms with E-state index in [2.05, 4.69) is 0 Å². The lowest BCUT2D eigenvalue weighted by atomic mass is 9.76. The molecule has 2 heterocycles. The molecular weight excluding hydrogens is 558 g/mol. The van der Waals surface area contributed by atoms with E-state index in [-0.39, 0.29) is 24.3 Å². The minimum Gasteiger partial charge on any atom is -0.459 e. The van der Waals surface area contributed by atoms with Gasteiger partial charge in [0.15, 0.2) is 18.2 Å². The lowest BCUT2D eigenvalue weighted by Crippen LogP contribution is -2.60. The van der Waals surface area contributed by atoms with E-state index in [0.29, 0.717) is 18.4 Å². The molecule has 1 fully saturated rings. The summed E-state index contributed by atoms with van der Waals surface area (Å²) < 4.78 is 30.4. The second-order valence-electron chi connectivity index (χ2n) is 13.2. The minimum absolute atomic E-state index is 0.186. The summed E-state index contributed by atoms with van der Waals surface area (Å²) in [6.45, 7) is 15.0. The first-order chi connectivity index (χ1) is 19.8. The predicted octanol–water partition coefficient (Wildman–Crippen LogP) is 3.03. The van der Waals surface area contributed by atoms with E-state index in [1.54, 1.807) is 41.5 Å². The number of ether oxygens (including phenoxy) is 5. The van der Waals surface area contributed by atoms with Crippen molar-refractivity contribution in [3.63, 3.8) is 0 Å². The third-order valence-electron chi connectivity index (χ3n) is 9.14. The number of hydrogen-bond acceptors (Lipinski definition) is 11. The van der Waals surface area contributed by atoms with Gasteiger partial charge in [0.05, 0.1) is 35.9 Å². The van der Waals surface area contributed by atoms with Gasteiger partial charge in [-0.15, -0.1) is 0 Å². The molecule has 0 aromatic rings. The van der Waals surface area contributed by atoms with Crippen molar-refractivity contribution in [1.82, 2.24) is 4.90 Å². The van der Waals surface area contributed by atoms with Gasteiger partial charge in [0, 0.05) is 25.9 Å². The van der Waals surface area contributed by atoms with Gasteiger partial charge in [0.2, 0.25) is 0 Å². The zero-order chi connectivity index (χ0) is 33.0. The molecule has 11 heteroatoms. The van der Waals surface area contributed by atoms with Gasteiger partial charge in [-0.25, -0.2) is 0 Å². The summed E-state index contributed by atoms with van der Waals surface area (Å²) in [7, 11) is 5.28. The summed E-state index contributed by atoms with van der Waals surface area (Å²) in [6.07, 6.45) is -2.68. The summed E-state index contributed by atoms with van der Waals surface area (Å²) in [4.78, 5) is 41.0. The maximum atomic E-state index is 13.6. The molecule has 11 nitrogen and oxygen atoms in total. The molecule has 0 saturated carbocycles. The normalized spacial score (nSPS) is 42.2. The average molecular weight is 614 g/mol. The fraction of sp³-hybridized carbons (Fsp3) is 0.844. The molecule has 0 radical (unpaired) electrons. The van der Waals surface area contributed by atoms with Crippen molar-refractivity contribution in [2.24, 2.45) is 17.8 Å². The summed E-state index contributed by atoms with van der Waals surface area (Å²) in [5.41, 5.74) is -2.45. The number of aliphatic hydroxyl groups is 2. The first-order valence-corrected chi connectivity index (χ1v) is 15.3. The topological polar surface area (TPSA) is 141 Å². The number of ketones is 1. The number of methoxy groups -OCH3 is 1. The molecule has 0 aromatic carbocycles. The minimum atomic E-state index is -1.61. The number of likely N-dealkylation sites (N-methyl/N-ethyl adjacent to an activating group) is 1. The third-order valence-corrected chi connectivity index (χ3v) is 9.14. The van der Waals surface area contributed by atoms with Gasteiger partial charge >= 0.3 is 11.9 Å². The van der Waals surface area contributed by atoms with Crippen molar-refractivity contribution in [3.8, 4) is 0 Å². The number of aliphatic hydroxyl groups excluding tert-OH is 1. The first-order valence-electron chi connectivity index (χ1n) is 15.3. The Morgan fingerprint density at radius 3 is 2.28 bits per heavy atom. The number of Topliss-reactive ketones (excluding diaryl/α,β-unsaturated/α-hetero) is 1. The molecule has 12 atom stereocenters. The van der Waals surface area contributed by atoms with Crippen LogP contribution in [-0.4, -0.2) is 108 Å². The van der Waals surface area contributed by atoms with Crippen molar-refractivity contribution >= 4 is 17.7 Å². The van der Waals surface area contributed by atoms with Crippen LogP contribution in [0.2, 0.25) is 0 Å². The highest BCUT2D eigenvalue weighted by molar-refractivity contribution is 5.96. The van der Waals surface area contributed by atoms with E-state index in [1.165, 1.54) is 27.0 Å². The van der Waals surface area contributed by atoms with Crippen LogP contribution in [0.15, 0.2) is 11.6 Å². The van der Waals surface area contributed by atoms with Crippen LogP contribution >= 0.6 is 0 Å². The lowest BCUT2D eigenvalue weighted by molar-refractivity contribution is -0.303. The fourth-order valence-electron chi connectivity index (χ4n) is 6.57. The average Bonchev–Trinajstić information content (AvgIpc) is 2.92. The van der Waals surface area contributed by atoms with Crippen molar-refractivity contribution in [2.75, 3.05) is 21.2 Å². The van der Waals surface area contributed by atoms with E-state index in [4.69, 9.17) is 23.7 Å². The molecule has 1 saturated heterocycles. The van der Waals surface area contributed by atoms with Gasteiger partial charge in [0.1, 0.15) is 11.7 Å². The number of cyclic esters (lactones) is 1. The number of carbonyl (C=O) groups excluding carboxylic acids is 3. The van der Waals surface area contributed by atoms with Crippen LogP contribution in [0.25, 0.3) is 0 Å². The number of carbonyl (C=O) groups is 3. The van der Waals surface area contributed by atoms with Gasteiger partial charge < -0.3 is 38.8 Å². The Bertz CT molecular complexity index is 1010. The Balaban J connectivity index is 2.67. The summed E-state index contributed by atoms with van der Waals surface area (Å²) in [5.74, 6) is -3.71. The Kier molecular flexibility index (Phi) is 12.9. The molecule has 0 spiro atoms. The molecule has 2 rings (SSSR count). The Morgan fingerprint density at radius 2 is 1.77 bits per heavy atom. The smallest absolute Gasteiger partial charge is 0.311 e. The quantitative estimate of drug-likeness (QED) is 0.427. The summed E-state index contributed by atoms with van der Waals surface area (Å²) >= 11 is 0. The number of allylic oxidation sites excluding steroid dienone is 1. The molecule has 248 valence electrons. The fourth-order valence-corrected chi connectivity index (χ4v) is 6.57. The zero-order valence-corrected chi connectivity index (χ0v) is 28.1. The van der Waals surface area contributed by atoms with Gasteiger partial charge in [-0.05, 0) is 79.6 Å². The molecule has 4 unspecified atom stereocenters. The van der Waals surface area contributed by atoms with Gasteiger partial charge in [-0.3, -0.25) is 14.4 Å². The molecule has 2 aliphatic rings. The molecule has 2 aliphatic heterocycles. The Hall–Kier alpha value is -1.89. The maximum absolute atomic E-state index is 13.6. The van der Waals surface area contributed by atoms with Crippen LogP contribution < -0.4 is 0 Å². The van der Waals surface area contributed by atoms with E-state index >= 15 is 0 Å². The van der Waals surface area contributed by atoms with Crippen LogP contribution in [-0.2, 0) is 38.1 Å². The van der Waals surface area contributed by atoms with E-state index in [9.17, 15) is 24.6 Å². The van der Waals surface area contributed by atoms with Gasteiger partial charge in [0.25, 0.3) is 0 Å². The van der Waals surface area contributed by atoms with E-state index in [0.717, 1.165) is 0 Å². The first kappa shape index (κ1) is 37.3. The third kappa shape index (κ3) is 8.85. The number of rotatable bonds is 6. The molecule has 0 aromatic heterocycles. The number of nitrogens with zero attached hydrogens (tertiary/aromatic N) is 1. The zero-order valence-electron chi connectivity index (χ0n) is 28.1. The molecule has 43 heavy (non-hydrogen) atoms. The highest BCUT2D eigenvalue weighted by atomic mass is 16.7. The second kappa shape index (κ2) is 14.9. The van der Waals surface area contributed by atoms with Crippen LogP contribution in [0.1, 0.15) is 81.6 Å². The van der Waals surface area contributed by atoms with Crippen molar-refractivity contribution in [2.45, 2.75) is 136 Å². The van der Waals surface area contributed by atoms with Gasteiger partial charge in [-0.2, -0.15) is 0 Å². The van der Waals surface area contributed by atoms with Crippen molar-refractivity contribution in [3.05, 3.63) is 11.6 Å². The molecule has 0 aliphatic carbocycles. The van der Waals surface area contributed by atoms with Crippen LogP contribution in [0.5, 0.6) is 0 Å². The van der Waals surface area contributed by atoms with Crippen molar-refractivity contribution in [1.29, 1.82) is 0 Å². The van der Waals surface area contributed by atoms with Crippen LogP contribution in [0.4, 0.5) is 0 Å². The lowest BCUT2D eigenvalue weighted by Gasteiger charge is -2.48. The monoisotopic (exact) mass is 613 g/mol. The molecular formula is C32H55NO10. The summed E-state index contributed by atoms with van der Waals surface area (Å²) in [5, 5.41) is 22.8. The summed E-state index contributed by atoms with van der Waals surface area (Å²) in [6, 6.07) is -0.217. The number of esters is 2. The Morgan fingerprint density at radius 1 is 1.16 bits per heavy atom. The molecule has 0 bridgehead atoms. The van der Waals surface area contributed by atoms with E-state index < -0.39 is 71.6 Å². The highest BCUT2D eigenvalue weighted by Gasteiger charge is 2.50. The Labute approximate surface area is 257 Å².